The molecule has 1 unspecified atom stereocenters. The average molecular weight is 328 g/mol. The monoisotopic (exact) mass is 327 g/mol. The van der Waals surface area contributed by atoms with Gasteiger partial charge in [0, 0.05) is 24.0 Å². The van der Waals surface area contributed by atoms with Crippen LogP contribution in [0.15, 0.2) is 27.8 Å². The van der Waals surface area contributed by atoms with E-state index in [1.165, 1.54) is 0 Å². The molecule has 0 aliphatic heterocycles. The summed E-state index contributed by atoms with van der Waals surface area (Å²) in [7, 11) is 1.70. The van der Waals surface area contributed by atoms with E-state index in [-0.39, 0.29) is 17.8 Å². The number of halogens is 1. The first-order valence-electron chi connectivity index (χ1n) is 5.87. The molecule has 1 rings (SSSR count). The lowest BCUT2D eigenvalue weighted by Gasteiger charge is -2.25. The van der Waals surface area contributed by atoms with Crippen LogP contribution < -0.4 is 5.73 Å². The van der Waals surface area contributed by atoms with E-state index < -0.39 is 0 Å². The lowest BCUT2D eigenvalue weighted by atomic mass is 10.1. The van der Waals surface area contributed by atoms with Gasteiger partial charge in [-0.2, -0.15) is 0 Å². The summed E-state index contributed by atoms with van der Waals surface area (Å²) in [5, 5.41) is 11.5. The van der Waals surface area contributed by atoms with E-state index in [4.69, 9.17) is 10.9 Å². The van der Waals surface area contributed by atoms with Crippen molar-refractivity contribution in [1.82, 2.24) is 4.90 Å². The normalized spacial score (nSPS) is 13.2. The molecule has 0 spiro atoms. The van der Waals surface area contributed by atoms with Crippen LogP contribution in [0.1, 0.15) is 29.3 Å². The minimum absolute atomic E-state index is 0.103. The molecule has 0 bridgehead atoms. The molecule has 0 saturated carbocycles. The summed E-state index contributed by atoms with van der Waals surface area (Å²) in [4.78, 5) is 14.0. The first kappa shape index (κ1) is 15.5. The van der Waals surface area contributed by atoms with Crippen LogP contribution in [0.4, 0.5) is 0 Å². The maximum atomic E-state index is 12.4. The number of oxime groups is 1. The zero-order valence-corrected chi connectivity index (χ0v) is 12.8. The summed E-state index contributed by atoms with van der Waals surface area (Å²) in [6, 6.07) is 5.39. The fourth-order valence-corrected chi connectivity index (χ4v) is 2.12. The van der Waals surface area contributed by atoms with Crippen LogP contribution in [-0.4, -0.2) is 34.9 Å². The van der Waals surface area contributed by atoms with Crippen LogP contribution in [0.5, 0.6) is 0 Å². The van der Waals surface area contributed by atoms with Crippen molar-refractivity contribution in [2.45, 2.75) is 26.3 Å². The molecular formula is C13H18BrN3O2. The van der Waals surface area contributed by atoms with Gasteiger partial charge in [-0.3, -0.25) is 4.79 Å². The van der Waals surface area contributed by atoms with Crippen molar-refractivity contribution in [2.24, 2.45) is 10.9 Å². The Hall–Kier alpha value is -1.56. The number of carbonyl (C=O) groups is 1. The predicted octanol–water partition coefficient (Wildman–Crippen LogP) is 2.35. The highest BCUT2D eigenvalue weighted by Crippen LogP contribution is 2.23. The van der Waals surface area contributed by atoms with Crippen LogP contribution in [0.3, 0.4) is 0 Å². The van der Waals surface area contributed by atoms with Crippen LogP contribution in [0.25, 0.3) is 0 Å². The van der Waals surface area contributed by atoms with E-state index in [1.54, 1.807) is 18.0 Å². The van der Waals surface area contributed by atoms with Crippen LogP contribution in [0.2, 0.25) is 0 Å². The van der Waals surface area contributed by atoms with Crippen molar-refractivity contribution >= 4 is 27.7 Å². The van der Waals surface area contributed by atoms with Gasteiger partial charge >= 0.3 is 0 Å². The van der Waals surface area contributed by atoms with Gasteiger partial charge in [0.1, 0.15) is 5.84 Å². The van der Waals surface area contributed by atoms with Gasteiger partial charge in [0.2, 0.25) is 0 Å². The highest BCUT2D eigenvalue weighted by molar-refractivity contribution is 9.10. The Balaban J connectivity index is 2.90. The molecule has 1 atom stereocenters. The summed E-state index contributed by atoms with van der Waals surface area (Å²) in [6.45, 7) is 3.78. The van der Waals surface area contributed by atoms with Crippen LogP contribution in [0, 0.1) is 6.92 Å². The summed E-state index contributed by atoms with van der Waals surface area (Å²) in [5.74, 6) is 0.00396. The second kappa shape index (κ2) is 6.56. The fourth-order valence-electron chi connectivity index (χ4n) is 1.68. The Morgan fingerprint density at radius 3 is 2.79 bits per heavy atom. The van der Waals surface area contributed by atoms with Crippen molar-refractivity contribution in [3.63, 3.8) is 0 Å². The third-order valence-electron chi connectivity index (χ3n) is 3.04. The smallest absolute Gasteiger partial charge is 0.255 e. The summed E-state index contributed by atoms with van der Waals surface area (Å²) in [6.07, 6.45) is 0.322. The van der Waals surface area contributed by atoms with Gasteiger partial charge in [0.15, 0.2) is 0 Å². The molecule has 104 valence electrons. The Morgan fingerprint density at radius 1 is 1.58 bits per heavy atom. The Kier molecular flexibility index (Phi) is 5.35. The largest absolute Gasteiger partial charge is 0.409 e. The van der Waals surface area contributed by atoms with Gasteiger partial charge < -0.3 is 15.8 Å². The summed E-state index contributed by atoms with van der Waals surface area (Å²) < 4.78 is 0.794. The first-order valence-corrected chi connectivity index (χ1v) is 6.66. The third kappa shape index (κ3) is 3.70. The minimum atomic E-state index is -0.157. The molecule has 0 heterocycles. The molecule has 1 amide bonds. The van der Waals surface area contributed by atoms with E-state index in [1.807, 2.05) is 26.0 Å². The SMILES string of the molecule is Cc1cccc(C(=O)N(C)C(C)C/C(N)=N/O)c1Br. The molecule has 1 aromatic carbocycles. The standard InChI is InChI=1S/C13H18BrN3O2/c1-8-5-4-6-10(12(8)14)13(18)17(3)9(2)7-11(15)16-19/h4-6,9,19H,7H2,1-3H3,(H2,15,16). The number of nitrogens with two attached hydrogens (primary N) is 1. The highest BCUT2D eigenvalue weighted by atomic mass is 79.9. The van der Waals surface area contributed by atoms with Crippen molar-refractivity contribution < 1.29 is 10.0 Å². The van der Waals surface area contributed by atoms with E-state index in [2.05, 4.69) is 21.1 Å². The van der Waals surface area contributed by atoms with Crippen LogP contribution >= 0.6 is 15.9 Å². The molecule has 0 aliphatic rings. The Bertz CT molecular complexity index is 503. The maximum absolute atomic E-state index is 12.4. The van der Waals surface area contributed by atoms with Gasteiger partial charge in [-0.05, 0) is 41.4 Å². The quantitative estimate of drug-likeness (QED) is 0.385. The van der Waals surface area contributed by atoms with Crippen molar-refractivity contribution in [3.05, 3.63) is 33.8 Å². The number of amides is 1. The Labute approximate surface area is 121 Å². The second-order valence-electron chi connectivity index (χ2n) is 4.50. The van der Waals surface area contributed by atoms with Gasteiger partial charge in [-0.15, -0.1) is 0 Å². The van der Waals surface area contributed by atoms with Gasteiger partial charge in [-0.1, -0.05) is 17.3 Å². The molecule has 19 heavy (non-hydrogen) atoms. The highest BCUT2D eigenvalue weighted by Gasteiger charge is 2.20. The van der Waals surface area contributed by atoms with E-state index >= 15 is 0 Å². The summed E-state index contributed by atoms with van der Waals surface area (Å²) in [5.41, 5.74) is 7.07. The zero-order chi connectivity index (χ0) is 14.6. The maximum Gasteiger partial charge on any atom is 0.255 e. The number of benzene rings is 1. The topological polar surface area (TPSA) is 78.9 Å². The number of hydrogen-bond acceptors (Lipinski definition) is 3. The van der Waals surface area contributed by atoms with Crippen LogP contribution in [-0.2, 0) is 0 Å². The molecule has 1 aromatic rings. The number of amidine groups is 1. The number of rotatable bonds is 4. The fraction of sp³-hybridized carbons (Fsp3) is 0.385. The number of aryl methyl sites for hydroxylation is 1. The number of hydrogen-bond donors (Lipinski definition) is 2. The van der Waals surface area contributed by atoms with Gasteiger partial charge in [-0.25, -0.2) is 0 Å². The molecular weight excluding hydrogens is 310 g/mol. The average Bonchev–Trinajstić information content (AvgIpc) is 2.39. The van der Waals surface area contributed by atoms with Gasteiger partial charge in [0.05, 0.1) is 5.56 Å². The third-order valence-corrected chi connectivity index (χ3v) is 4.09. The van der Waals surface area contributed by atoms with Gasteiger partial charge in [0.25, 0.3) is 5.91 Å². The number of nitrogens with zero attached hydrogens (tertiary/aromatic N) is 2. The molecule has 5 nitrogen and oxygen atoms in total. The van der Waals surface area contributed by atoms with Crippen molar-refractivity contribution in [2.75, 3.05) is 7.05 Å². The molecule has 0 aliphatic carbocycles. The molecule has 0 radical (unpaired) electrons. The molecule has 0 fully saturated rings. The predicted molar refractivity (Wildman–Crippen MR) is 78.5 cm³/mol. The lowest BCUT2D eigenvalue weighted by Crippen LogP contribution is -2.38. The first-order chi connectivity index (χ1) is 8.88. The van der Waals surface area contributed by atoms with E-state index in [0.29, 0.717) is 12.0 Å². The second-order valence-corrected chi connectivity index (χ2v) is 5.29. The number of carbonyl (C=O) groups excluding carboxylic acids is 1. The van der Waals surface area contributed by atoms with Crippen molar-refractivity contribution in [1.29, 1.82) is 0 Å². The lowest BCUT2D eigenvalue weighted by molar-refractivity contribution is 0.0746. The van der Waals surface area contributed by atoms with E-state index in [9.17, 15) is 4.79 Å². The summed E-state index contributed by atoms with van der Waals surface area (Å²) >= 11 is 3.43. The Morgan fingerprint density at radius 2 is 2.21 bits per heavy atom. The molecule has 3 N–H and O–H groups in total. The van der Waals surface area contributed by atoms with E-state index in [0.717, 1.165) is 10.0 Å². The molecule has 6 heteroatoms. The molecule has 0 saturated heterocycles. The molecule has 0 aromatic heterocycles. The van der Waals surface area contributed by atoms with Crippen molar-refractivity contribution in [3.8, 4) is 0 Å². The zero-order valence-electron chi connectivity index (χ0n) is 11.2. The minimum Gasteiger partial charge on any atom is -0.409 e.